The molecule has 0 aliphatic heterocycles. The lowest BCUT2D eigenvalue weighted by molar-refractivity contribution is 0.562. The number of hydrogen-bond donors (Lipinski definition) is 0. The fourth-order valence-electron chi connectivity index (χ4n) is 0.816. The predicted molar refractivity (Wildman–Crippen MR) is 53.5 cm³/mol. The van der Waals surface area contributed by atoms with E-state index in [0.717, 1.165) is 4.47 Å². The molecular weight excluding hydrogens is 232 g/mol. The first-order valence-electron chi connectivity index (χ1n) is 3.62. The Morgan fingerprint density at radius 1 is 1.77 bits per heavy atom. The minimum absolute atomic E-state index is 0.482. The molecule has 0 aromatic carbocycles. The number of aromatic nitrogens is 2. The normalized spacial score (nSPS) is 11.1. The van der Waals surface area contributed by atoms with Gasteiger partial charge >= 0.3 is 0 Å². The number of nitrogens with zero attached hydrogens (tertiary/aromatic N) is 4. The lowest BCUT2D eigenvalue weighted by atomic mass is 10.5. The summed E-state index contributed by atoms with van der Waals surface area (Å²) in [5.74, 6) is 0. The summed E-state index contributed by atoms with van der Waals surface area (Å²) < 4.78 is 2.37. The van der Waals surface area contributed by atoms with Crippen molar-refractivity contribution in [1.82, 2.24) is 14.7 Å². The first kappa shape index (κ1) is 9.81. The van der Waals surface area contributed by atoms with Gasteiger partial charge < -0.3 is 4.90 Å². The van der Waals surface area contributed by atoms with Gasteiger partial charge in [-0.05, 0) is 15.9 Å². The van der Waals surface area contributed by atoms with Crippen LogP contribution in [-0.2, 0) is 0 Å². The monoisotopic (exact) mass is 240 g/mol. The maximum Gasteiger partial charge on any atom is 0.157 e. The van der Waals surface area contributed by atoms with E-state index < -0.39 is 0 Å². The van der Waals surface area contributed by atoms with E-state index in [-0.39, 0.29) is 0 Å². The molecule has 0 aliphatic carbocycles. The topological polar surface area (TPSA) is 44.9 Å². The average Bonchev–Trinajstić information content (AvgIpc) is 2.47. The third-order valence-corrected chi connectivity index (χ3v) is 1.70. The second-order valence-electron chi connectivity index (χ2n) is 2.69. The Labute approximate surface area is 85.2 Å². The van der Waals surface area contributed by atoms with Crippen molar-refractivity contribution in [3.8, 4) is 6.07 Å². The van der Waals surface area contributed by atoms with Crippen molar-refractivity contribution in [2.24, 2.45) is 0 Å². The third-order valence-electron chi connectivity index (χ3n) is 1.29. The van der Waals surface area contributed by atoms with Crippen LogP contribution < -0.4 is 0 Å². The molecule has 0 unspecified atom stereocenters. The zero-order valence-corrected chi connectivity index (χ0v) is 8.98. The van der Waals surface area contributed by atoms with Gasteiger partial charge in [-0.1, -0.05) is 0 Å². The minimum atomic E-state index is 0.482. The highest BCUT2D eigenvalue weighted by Crippen LogP contribution is 2.10. The molecule has 0 saturated carbocycles. The van der Waals surface area contributed by atoms with Gasteiger partial charge in [-0.3, -0.25) is 0 Å². The van der Waals surface area contributed by atoms with Crippen LogP contribution in [0.15, 0.2) is 23.1 Å². The Morgan fingerprint density at radius 3 is 2.85 bits per heavy atom. The van der Waals surface area contributed by atoms with Crippen molar-refractivity contribution in [1.29, 1.82) is 5.26 Å². The van der Waals surface area contributed by atoms with Gasteiger partial charge in [-0.15, -0.1) is 0 Å². The number of allylic oxidation sites excluding steroid dienone is 1. The third kappa shape index (κ3) is 2.60. The SMILES string of the molecule is CN(C)/C=C(/C#N)n1cc(Br)cn1. The highest BCUT2D eigenvalue weighted by Gasteiger charge is 2.00. The Kier molecular flexibility index (Phi) is 3.09. The van der Waals surface area contributed by atoms with Crippen molar-refractivity contribution in [2.75, 3.05) is 14.1 Å². The standard InChI is InChI=1S/C8H9BrN4/c1-12(2)6-8(3-10)13-5-7(9)4-11-13/h4-6H,1-2H3/b8-6-. The first-order chi connectivity index (χ1) is 6.13. The highest BCUT2D eigenvalue weighted by molar-refractivity contribution is 9.10. The number of rotatable bonds is 2. The second kappa shape index (κ2) is 4.10. The molecule has 13 heavy (non-hydrogen) atoms. The van der Waals surface area contributed by atoms with Crippen LogP contribution in [0.1, 0.15) is 0 Å². The van der Waals surface area contributed by atoms with Crippen LogP contribution in [0.25, 0.3) is 5.70 Å². The summed E-state index contributed by atoms with van der Waals surface area (Å²) in [6.07, 6.45) is 5.08. The summed E-state index contributed by atoms with van der Waals surface area (Å²) in [7, 11) is 3.71. The molecule has 0 amide bonds. The Balaban J connectivity index is 2.99. The van der Waals surface area contributed by atoms with Crippen LogP contribution >= 0.6 is 15.9 Å². The average molecular weight is 241 g/mol. The summed E-state index contributed by atoms with van der Waals surface area (Å²) >= 11 is 3.26. The molecule has 0 aliphatic rings. The number of nitriles is 1. The second-order valence-corrected chi connectivity index (χ2v) is 3.61. The molecule has 5 heteroatoms. The molecule has 1 aromatic rings. The largest absolute Gasteiger partial charge is 0.381 e. The smallest absolute Gasteiger partial charge is 0.157 e. The van der Waals surface area contributed by atoms with Gasteiger partial charge in [0.1, 0.15) is 6.07 Å². The van der Waals surface area contributed by atoms with E-state index in [9.17, 15) is 0 Å². The van der Waals surface area contributed by atoms with Gasteiger partial charge in [0.25, 0.3) is 0 Å². The molecule has 1 rings (SSSR count). The molecule has 0 saturated heterocycles. The number of halogens is 1. The molecule has 0 bridgehead atoms. The van der Waals surface area contributed by atoms with Crippen molar-refractivity contribution in [3.63, 3.8) is 0 Å². The molecule has 0 atom stereocenters. The summed E-state index contributed by atoms with van der Waals surface area (Å²) in [5.41, 5.74) is 0.482. The van der Waals surface area contributed by atoms with Gasteiger partial charge in [-0.25, -0.2) is 4.68 Å². The fraction of sp³-hybridized carbons (Fsp3) is 0.250. The van der Waals surface area contributed by atoms with Gasteiger partial charge in [0.2, 0.25) is 0 Å². The highest BCUT2D eigenvalue weighted by atomic mass is 79.9. The Morgan fingerprint density at radius 2 is 2.46 bits per heavy atom. The zero-order chi connectivity index (χ0) is 9.84. The molecule has 4 nitrogen and oxygen atoms in total. The lowest BCUT2D eigenvalue weighted by Gasteiger charge is -2.05. The van der Waals surface area contributed by atoms with Crippen molar-refractivity contribution in [3.05, 3.63) is 23.1 Å². The van der Waals surface area contributed by atoms with Crippen molar-refractivity contribution >= 4 is 21.6 Å². The molecule has 0 fully saturated rings. The lowest BCUT2D eigenvalue weighted by Crippen LogP contribution is -2.05. The maximum atomic E-state index is 8.82. The molecular formula is C8H9BrN4. The van der Waals surface area contributed by atoms with Gasteiger partial charge in [0, 0.05) is 26.5 Å². The summed E-state index contributed by atoms with van der Waals surface area (Å²) in [6, 6.07) is 2.06. The Bertz CT molecular complexity index is 358. The number of hydrogen-bond acceptors (Lipinski definition) is 3. The van der Waals surface area contributed by atoms with E-state index in [1.54, 1.807) is 23.5 Å². The molecule has 68 valence electrons. The van der Waals surface area contributed by atoms with Crippen LogP contribution in [-0.4, -0.2) is 28.8 Å². The van der Waals surface area contributed by atoms with Crippen LogP contribution in [0, 0.1) is 11.3 Å². The van der Waals surface area contributed by atoms with Gasteiger partial charge in [0.05, 0.1) is 10.7 Å². The van der Waals surface area contributed by atoms with Crippen LogP contribution in [0.3, 0.4) is 0 Å². The van der Waals surface area contributed by atoms with Crippen LogP contribution in [0.2, 0.25) is 0 Å². The summed E-state index contributed by atoms with van der Waals surface area (Å²) in [4.78, 5) is 1.80. The molecule has 0 N–H and O–H groups in total. The Hall–Kier alpha value is -1.28. The van der Waals surface area contributed by atoms with Crippen molar-refractivity contribution in [2.45, 2.75) is 0 Å². The zero-order valence-electron chi connectivity index (χ0n) is 7.40. The molecule has 1 aromatic heterocycles. The summed E-state index contributed by atoms with van der Waals surface area (Å²) in [5, 5.41) is 12.8. The first-order valence-corrected chi connectivity index (χ1v) is 4.41. The summed E-state index contributed by atoms with van der Waals surface area (Å²) in [6.45, 7) is 0. The fourth-order valence-corrected chi connectivity index (χ4v) is 1.10. The van der Waals surface area contributed by atoms with Crippen LogP contribution in [0.4, 0.5) is 0 Å². The van der Waals surface area contributed by atoms with Crippen LogP contribution in [0.5, 0.6) is 0 Å². The van der Waals surface area contributed by atoms with E-state index in [4.69, 9.17) is 5.26 Å². The van der Waals surface area contributed by atoms with E-state index in [1.807, 2.05) is 14.1 Å². The quantitative estimate of drug-likeness (QED) is 0.737. The molecule has 1 heterocycles. The van der Waals surface area contributed by atoms with E-state index in [0.29, 0.717) is 5.70 Å². The molecule has 0 radical (unpaired) electrons. The van der Waals surface area contributed by atoms with E-state index >= 15 is 0 Å². The van der Waals surface area contributed by atoms with Crippen molar-refractivity contribution < 1.29 is 0 Å². The molecule has 0 spiro atoms. The maximum absolute atomic E-state index is 8.82. The van der Waals surface area contributed by atoms with E-state index in [2.05, 4.69) is 27.1 Å². The predicted octanol–water partition coefficient (Wildman–Crippen LogP) is 1.53. The van der Waals surface area contributed by atoms with Gasteiger partial charge in [-0.2, -0.15) is 10.4 Å². The minimum Gasteiger partial charge on any atom is -0.381 e. The van der Waals surface area contributed by atoms with Gasteiger partial charge in [0.15, 0.2) is 5.70 Å². The van der Waals surface area contributed by atoms with E-state index in [1.165, 1.54) is 4.68 Å².